The summed E-state index contributed by atoms with van der Waals surface area (Å²) < 4.78 is 6.97. The molecule has 0 atom stereocenters. The molecule has 20 heavy (non-hydrogen) atoms. The standard InChI is InChI=1S/C14H13NO5/c1-8-13(10(17)6-16)14-9(15(8)2)4-3-5-11(14)20-7-12(18)19/h3-6H,7H2,1-2H3,(H,18,19). The highest BCUT2D eigenvalue weighted by molar-refractivity contribution is 6.37. The minimum Gasteiger partial charge on any atom is -0.481 e. The number of Topliss-reactive ketones (excluding diaryl/α,β-unsaturated/α-hetero) is 1. The highest BCUT2D eigenvalue weighted by atomic mass is 16.5. The summed E-state index contributed by atoms with van der Waals surface area (Å²) in [6, 6.07) is 5.05. The first-order chi connectivity index (χ1) is 9.47. The van der Waals surface area contributed by atoms with E-state index in [9.17, 15) is 14.4 Å². The highest BCUT2D eigenvalue weighted by Crippen LogP contribution is 2.33. The molecule has 0 bridgehead atoms. The van der Waals surface area contributed by atoms with E-state index in [1.807, 2.05) is 0 Å². The van der Waals surface area contributed by atoms with Gasteiger partial charge in [-0.05, 0) is 19.1 Å². The maximum Gasteiger partial charge on any atom is 0.341 e. The van der Waals surface area contributed by atoms with Crippen molar-refractivity contribution in [2.24, 2.45) is 7.05 Å². The van der Waals surface area contributed by atoms with E-state index in [0.29, 0.717) is 16.6 Å². The third kappa shape index (κ3) is 2.16. The smallest absolute Gasteiger partial charge is 0.341 e. The monoisotopic (exact) mass is 275 g/mol. The summed E-state index contributed by atoms with van der Waals surface area (Å²) >= 11 is 0. The lowest BCUT2D eigenvalue weighted by atomic mass is 10.1. The van der Waals surface area contributed by atoms with Crippen LogP contribution in [0.2, 0.25) is 0 Å². The second kappa shape index (κ2) is 5.16. The van der Waals surface area contributed by atoms with Crippen molar-refractivity contribution in [3.8, 4) is 5.75 Å². The van der Waals surface area contributed by atoms with E-state index in [1.165, 1.54) is 0 Å². The normalized spacial score (nSPS) is 10.5. The Hall–Kier alpha value is -2.63. The second-order valence-corrected chi connectivity index (χ2v) is 4.33. The lowest BCUT2D eigenvalue weighted by molar-refractivity contribution is -0.139. The number of carboxylic acids is 1. The summed E-state index contributed by atoms with van der Waals surface area (Å²) in [4.78, 5) is 33.2. The predicted molar refractivity (Wildman–Crippen MR) is 71.2 cm³/mol. The minimum atomic E-state index is -1.11. The van der Waals surface area contributed by atoms with Gasteiger partial charge in [0.15, 0.2) is 12.9 Å². The van der Waals surface area contributed by atoms with Gasteiger partial charge in [-0.3, -0.25) is 9.59 Å². The van der Waals surface area contributed by atoms with Crippen LogP contribution in [0.3, 0.4) is 0 Å². The Kier molecular flexibility index (Phi) is 3.56. The number of aliphatic carboxylic acids is 1. The molecule has 0 aliphatic rings. The van der Waals surface area contributed by atoms with Crippen molar-refractivity contribution in [3.63, 3.8) is 0 Å². The second-order valence-electron chi connectivity index (χ2n) is 4.33. The van der Waals surface area contributed by atoms with Crippen LogP contribution in [0.1, 0.15) is 16.1 Å². The van der Waals surface area contributed by atoms with Crippen LogP contribution in [0.5, 0.6) is 5.75 Å². The van der Waals surface area contributed by atoms with Crippen molar-refractivity contribution in [1.29, 1.82) is 0 Å². The van der Waals surface area contributed by atoms with Crippen LogP contribution in [0.25, 0.3) is 10.9 Å². The maximum atomic E-state index is 11.8. The zero-order chi connectivity index (χ0) is 14.9. The fraction of sp³-hybridized carbons (Fsp3) is 0.214. The average molecular weight is 275 g/mol. The third-order valence-electron chi connectivity index (χ3n) is 3.19. The van der Waals surface area contributed by atoms with Crippen LogP contribution in [-0.2, 0) is 16.6 Å². The van der Waals surface area contributed by atoms with E-state index in [0.717, 1.165) is 0 Å². The number of ether oxygens (including phenoxy) is 1. The van der Waals surface area contributed by atoms with Crippen LogP contribution in [0, 0.1) is 6.92 Å². The molecule has 6 nitrogen and oxygen atoms in total. The van der Waals surface area contributed by atoms with Crippen molar-refractivity contribution >= 4 is 28.9 Å². The fourth-order valence-corrected chi connectivity index (χ4v) is 2.20. The number of carboxylic acid groups (broad SMARTS) is 1. The molecule has 0 unspecified atom stereocenters. The number of nitrogens with zero attached hydrogens (tertiary/aromatic N) is 1. The summed E-state index contributed by atoms with van der Waals surface area (Å²) in [5.41, 5.74) is 1.58. The quantitative estimate of drug-likeness (QED) is 0.505. The molecule has 104 valence electrons. The molecule has 0 aliphatic heterocycles. The molecule has 6 heteroatoms. The zero-order valence-electron chi connectivity index (χ0n) is 11.0. The van der Waals surface area contributed by atoms with Gasteiger partial charge in [-0.2, -0.15) is 0 Å². The van der Waals surface area contributed by atoms with Crippen LogP contribution in [-0.4, -0.2) is 34.3 Å². The Morgan fingerprint density at radius 1 is 1.40 bits per heavy atom. The van der Waals surface area contributed by atoms with E-state index < -0.39 is 18.4 Å². The lowest BCUT2D eigenvalue weighted by Crippen LogP contribution is -2.10. The Labute approximate surface area is 114 Å². The largest absolute Gasteiger partial charge is 0.481 e. The Bertz CT molecular complexity index is 714. The molecule has 0 aliphatic carbocycles. The van der Waals surface area contributed by atoms with E-state index in [-0.39, 0.29) is 17.6 Å². The number of aryl methyl sites for hydroxylation is 1. The summed E-state index contributed by atoms with van der Waals surface area (Å²) in [5.74, 6) is -1.49. The van der Waals surface area contributed by atoms with Crippen molar-refractivity contribution in [2.75, 3.05) is 6.61 Å². The molecule has 0 saturated heterocycles. The molecule has 0 amide bonds. The van der Waals surface area contributed by atoms with Gasteiger partial charge in [0.2, 0.25) is 5.78 Å². The summed E-state index contributed by atoms with van der Waals surface area (Å²) in [7, 11) is 1.76. The Morgan fingerprint density at radius 3 is 2.70 bits per heavy atom. The first-order valence-electron chi connectivity index (χ1n) is 5.89. The molecule has 0 saturated carbocycles. The Morgan fingerprint density at radius 2 is 2.10 bits per heavy atom. The number of hydrogen-bond acceptors (Lipinski definition) is 4. The number of fused-ring (bicyclic) bond motifs is 1. The van der Waals surface area contributed by atoms with Gasteiger partial charge in [0.25, 0.3) is 0 Å². The van der Waals surface area contributed by atoms with Gasteiger partial charge in [-0.25, -0.2) is 4.79 Å². The molecule has 1 heterocycles. The number of rotatable bonds is 5. The predicted octanol–water partition coefficient (Wildman–Crippen LogP) is 1.33. The lowest BCUT2D eigenvalue weighted by Gasteiger charge is -2.06. The minimum absolute atomic E-state index is 0.246. The SMILES string of the molecule is Cc1c(C(=O)C=O)c2c(OCC(=O)O)cccc2n1C. The number of aldehydes is 1. The molecule has 2 rings (SSSR count). The third-order valence-corrected chi connectivity index (χ3v) is 3.19. The van der Waals surface area contributed by atoms with E-state index in [1.54, 1.807) is 36.7 Å². The van der Waals surface area contributed by atoms with Gasteiger partial charge >= 0.3 is 5.97 Å². The van der Waals surface area contributed by atoms with Crippen LogP contribution < -0.4 is 4.74 Å². The molecule has 1 aromatic carbocycles. The van der Waals surface area contributed by atoms with Crippen molar-refractivity contribution in [3.05, 3.63) is 29.5 Å². The first kappa shape index (κ1) is 13.8. The van der Waals surface area contributed by atoms with Gasteiger partial charge < -0.3 is 14.4 Å². The highest BCUT2D eigenvalue weighted by Gasteiger charge is 2.21. The molecule has 0 radical (unpaired) electrons. The molecule has 2 aromatic rings. The molecule has 0 fully saturated rings. The molecule has 0 spiro atoms. The van der Waals surface area contributed by atoms with Crippen molar-refractivity contribution in [2.45, 2.75) is 6.92 Å². The average Bonchev–Trinajstić information content (AvgIpc) is 2.69. The van der Waals surface area contributed by atoms with Crippen molar-refractivity contribution < 1.29 is 24.2 Å². The molecular weight excluding hydrogens is 262 g/mol. The number of ketones is 1. The van der Waals surface area contributed by atoms with E-state index in [2.05, 4.69) is 0 Å². The van der Waals surface area contributed by atoms with Crippen LogP contribution >= 0.6 is 0 Å². The molecule has 1 N–H and O–H groups in total. The number of benzene rings is 1. The number of carbonyl (C=O) groups excluding carboxylic acids is 2. The van der Waals surface area contributed by atoms with Crippen molar-refractivity contribution in [1.82, 2.24) is 4.57 Å². The number of hydrogen-bond donors (Lipinski definition) is 1. The zero-order valence-corrected chi connectivity index (χ0v) is 11.0. The summed E-state index contributed by atoms with van der Waals surface area (Å²) in [6.45, 7) is 1.21. The van der Waals surface area contributed by atoms with E-state index in [4.69, 9.17) is 9.84 Å². The molecular formula is C14H13NO5. The van der Waals surface area contributed by atoms with Gasteiger partial charge in [0.05, 0.1) is 16.5 Å². The van der Waals surface area contributed by atoms with Gasteiger partial charge in [-0.1, -0.05) is 6.07 Å². The van der Waals surface area contributed by atoms with Crippen LogP contribution in [0.15, 0.2) is 18.2 Å². The summed E-state index contributed by atoms with van der Waals surface area (Å²) in [5, 5.41) is 9.14. The summed E-state index contributed by atoms with van der Waals surface area (Å²) in [6.07, 6.45) is 0.246. The Balaban J connectivity index is 2.70. The van der Waals surface area contributed by atoms with Crippen LogP contribution in [0.4, 0.5) is 0 Å². The molecule has 1 aromatic heterocycles. The fourth-order valence-electron chi connectivity index (χ4n) is 2.20. The van der Waals surface area contributed by atoms with E-state index >= 15 is 0 Å². The number of carbonyl (C=O) groups is 3. The maximum absolute atomic E-state index is 11.8. The van der Waals surface area contributed by atoms with Gasteiger partial charge in [-0.15, -0.1) is 0 Å². The number of aromatic nitrogens is 1. The van der Waals surface area contributed by atoms with Gasteiger partial charge in [0, 0.05) is 12.7 Å². The first-order valence-corrected chi connectivity index (χ1v) is 5.89. The van der Waals surface area contributed by atoms with Gasteiger partial charge in [0.1, 0.15) is 5.75 Å². The topological polar surface area (TPSA) is 85.6 Å².